The molecule has 1 amide bonds. The van der Waals surface area contributed by atoms with Crippen LogP contribution in [0.25, 0.3) is 0 Å². The van der Waals surface area contributed by atoms with E-state index in [2.05, 4.69) is 16.1 Å². The molecule has 1 aliphatic heterocycles. The van der Waals surface area contributed by atoms with Crippen LogP contribution >= 0.6 is 16.1 Å². The van der Waals surface area contributed by atoms with E-state index in [1.165, 1.54) is 3.93 Å². The lowest BCUT2D eigenvalue weighted by molar-refractivity contribution is -0.155. The highest BCUT2D eigenvalue weighted by molar-refractivity contribution is 9.07. The van der Waals surface area contributed by atoms with Crippen molar-refractivity contribution in [2.24, 2.45) is 0 Å². The number of halogens is 1. The highest BCUT2D eigenvalue weighted by Crippen LogP contribution is 2.23. The number of carboxylic acid groups (broad SMARTS) is 2. The molecule has 1 aliphatic rings. The van der Waals surface area contributed by atoms with Crippen molar-refractivity contribution in [2.75, 3.05) is 13.1 Å². The predicted molar refractivity (Wildman–Crippen MR) is 76.0 cm³/mol. The molecule has 0 saturated carbocycles. The summed E-state index contributed by atoms with van der Waals surface area (Å²) in [5.41, 5.74) is 0.330. The quantitative estimate of drug-likeness (QED) is 0.772. The van der Waals surface area contributed by atoms with Crippen LogP contribution in [0.1, 0.15) is 10.4 Å². The lowest BCUT2D eigenvalue weighted by atomic mass is 10.0. The van der Waals surface area contributed by atoms with Gasteiger partial charge in [0, 0.05) is 34.8 Å². The molecule has 7 nitrogen and oxygen atoms in total. The lowest BCUT2D eigenvalue weighted by Crippen LogP contribution is -2.64. The molecule has 0 bridgehead atoms. The molecular formula is C13H13BrN2O5. The summed E-state index contributed by atoms with van der Waals surface area (Å²) in [5.74, 6) is -3.14. The van der Waals surface area contributed by atoms with Gasteiger partial charge in [-0.3, -0.25) is 9.59 Å². The topological polar surface area (TPSA) is 98.1 Å². The van der Waals surface area contributed by atoms with Crippen LogP contribution in [-0.2, 0) is 9.59 Å². The van der Waals surface area contributed by atoms with Crippen molar-refractivity contribution >= 4 is 34.0 Å². The van der Waals surface area contributed by atoms with Gasteiger partial charge < -0.3 is 15.1 Å². The van der Waals surface area contributed by atoms with Gasteiger partial charge in [-0.15, -0.1) is 0 Å². The van der Waals surface area contributed by atoms with Crippen LogP contribution in [0.3, 0.4) is 0 Å². The Labute approximate surface area is 129 Å². The number of hydrogen-bond donors (Lipinski definition) is 2. The molecule has 2 rings (SSSR count). The Morgan fingerprint density at radius 2 is 1.57 bits per heavy atom. The number of rotatable bonds is 3. The molecule has 8 heteroatoms. The molecular weight excluding hydrogens is 344 g/mol. The van der Waals surface area contributed by atoms with Gasteiger partial charge in [-0.1, -0.05) is 18.2 Å². The van der Waals surface area contributed by atoms with Crippen molar-refractivity contribution in [3.05, 3.63) is 35.9 Å². The van der Waals surface area contributed by atoms with Gasteiger partial charge in [0.1, 0.15) is 6.04 Å². The van der Waals surface area contributed by atoms with Crippen molar-refractivity contribution in [3.8, 4) is 0 Å². The molecule has 1 aromatic rings. The van der Waals surface area contributed by atoms with Gasteiger partial charge in [0.15, 0.2) is 6.04 Å². The molecule has 0 aliphatic carbocycles. The molecule has 2 atom stereocenters. The summed E-state index contributed by atoms with van der Waals surface area (Å²) >= 11 is 3.05. The van der Waals surface area contributed by atoms with Crippen molar-refractivity contribution < 1.29 is 24.6 Å². The maximum Gasteiger partial charge on any atom is 0.328 e. The highest BCUT2D eigenvalue weighted by Gasteiger charge is 2.46. The SMILES string of the molecule is O=C(O)C1C(C(=O)O)N(C(=O)c2ccccc2)CCN1Br. The molecule has 2 N–H and O–H groups in total. The van der Waals surface area contributed by atoms with Crippen LogP contribution in [0, 0.1) is 0 Å². The molecule has 2 unspecified atom stereocenters. The average molecular weight is 357 g/mol. The Hall–Kier alpha value is -1.93. The van der Waals surface area contributed by atoms with Crippen molar-refractivity contribution in [3.63, 3.8) is 0 Å². The summed E-state index contributed by atoms with van der Waals surface area (Å²) in [6, 6.07) is 5.40. The largest absolute Gasteiger partial charge is 0.480 e. The van der Waals surface area contributed by atoms with E-state index in [0.29, 0.717) is 5.56 Å². The first kappa shape index (κ1) is 15.5. The molecule has 21 heavy (non-hydrogen) atoms. The van der Waals surface area contributed by atoms with Crippen molar-refractivity contribution in [2.45, 2.75) is 12.1 Å². The van der Waals surface area contributed by atoms with Gasteiger partial charge in [-0.25, -0.2) is 8.72 Å². The van der Waals surface area contributed by atoms with E-state index < -0.39 is 29.9 Å². The summed E-state index contributed by atoms with van der Waals surface area (Å²) in [6.45, 7) is 0.346. The summed E-state index contributed by atoms with van der Waals surface area (Å²) in [6.07, 6.45) is 0. The van der Waals surface area contributed by atoms with E-state index in [9.17, 15) is 24.6 Å². The summed E-state index contributed by atoms with van der Waals surface area (Å²) in [4.78, 5) is 36.3. The fourth-order valence-corrected chi connectivity index (χ4v) is 2.86. The van der Waals surface area contributed by atoms with E-state index >= 15 is 0 Å². The number of carbonyl (C=O) groups excluding carboxylic acids is 1. The zero-order valence-corrected chi connectivity index (χ0v) is 12.4. The second-order valence-electron chi connectivity index (χ2n) is 4.55. The molecule has 1 fully saturated rings. The number of piperazine rings is 1. The van der Waals surface area contributed by atoms with Crippen LogP contribution in [-0.4, -0.2) is 62.1 Å². The Balaban J connectivity index is 2.35. The first-order valence-electron chi connectivity index (χ1n) is 6.17. The fourth-order valence-electron chi connectivity index (χ4n) is 2.30. The number of carbonyl (C=O) groups is 3. The Morgan fingerprint density at radius 1 is 1.00 bits per heavy atom. The standard InChI is InChI=1S/C13H13BrN2O5/c14-16-7-6-15(9(12(18)19)10(16)13(20)21)11(17)8-4-2-1-3-5-8/h1-5,9-10H,6-7H2,(H,18,19)(H,20,21). The van der Waals surface area contributed by atoms with Crippen LogP contribution in [0.5, 0.6) is 0 Å². The van der Waals surface area contributed by atoms with Crippen molar-refractivity contribution in [1.29, 1.82) is 0 Å². The minimum absolute atomic E-state index is 0.125. The van der Waals surface area contributed by atoms with Crippen LogP contribution < -0.4 is 0 Å². The second-order valence-corrected chi connectivity index (χ2v) is 5.47. The maximum atomic E-state index is 12.4. The normalized spacial score (nSPS) is 22.8. The number of benzene rings is 1. The van der Waals surface area contributed by atoms with E-state index in [4.69, 9.17) is 0 Å². The molecule has 1 saturated heterocycles. The predicted octanol–water partition coefficient (Wildman–Crippen LogP) is 0.661. The van der Waals surface area contributed by atoms with E-state index in [0.717, 1.165) is 4.90 Å². The van der Waals surface area contributed by atoms with Crippen molar-refractivity contribution in [1.82, 2.24) is 8.83 Å². The summed E-state index contributed by atoms with van der Waals surface area (Å²) in [5, 5.41) is 18.6. The zero-order chi connectivity index (χ0) is 15.6. The van der Waals surface area contributed by atoms with Gasteiger partial charge in [0.05, 0.1) is 0 Å². The fraction of sp³-hybridized carbons (Fsp3) is 0.308. The monoisotopic (exact) mass is 356 g/mol. The van der Waals surface area contributed by atoms with Gasteiger partial charge >= 0.3 is 11.9 Å². The third-order valence-electron chi connectivity index (χ3n) is 3.28. The Kier molecular flexibility index (Phi) is 4.59. The molecule has 0 aromatic heterocycles. The number of aliphatic carboxylic acids is 2. The van der Waals surface area contributed by atoms with Crippen LogP contribution in [0.15, 0.2) is 30.3 Å². The molecule has 112 valence electrons. The Bertz CT molecular complexity index is 565. The smallest absolute Gasteiger partial charge is 0.328 e. The summed E-state index contributed by atoms with van der Waals surface area (Å²) in [7, 11) is 0. The maximum absolute atomic E-state index is 12.4. The van der Waals surface area contributed by atoms with E-state index in [-0.39, 0.29) is 13.1 Å². The molecule has 1 aromatic carbocycles. The number of amides is 1. The van der Waals surface area contributed by atoms with Crippen LogP contribution in [0.4, 0.5) is 0 Å². The molecule has 0 spiro atoms. The number of carboxylic acids is 2. The van der Waals surface area contributed by atoms with Gasteiger partial charge in [0.2, 0.25) is 0 Å². The summed E-state index contributed by atoms with van der Waals surface area (Å²) < 4.78 is 1.25. The average Bonchev–Trinajstić information content (AvgIpc) is 2.46. The first-order chi connectivity index (χ1) is 9.93. The van der Waals surface area contributed by atoms with Crippen LogP contribution in [0.2, 0.25) is 0 Å². The van der Waals surface area contributed by atoms with Gasteiger partial charge in [-0.2, -0.15) is 0 Å². The zero-order valence-electron chi connectivity index (χ0n) is 10.8. The number of nitrogens with zero attached hydrogens (tertiary/aromatic N) is 2. The Morgan fingerprint density at radius 3 is 2.10 bits per heavy atom. The first-order valence-corrected chi connectivity index (χ1v) is 6.88. The highest BCUT2D eigenvalue weighted by atomic mass is 79.9. The number of hydrogen-bond acceptors (Lipinski definition) is 4. The van der Waals surface area contributed by atoms with Gasteiger partial charge in [0.25, 0.3) is 5.91 Å². The minimum atomic E-state index is -1.46. The van der Waals surface area contributed by atoms with E-state index in [1.54, 1.807) is 30.3 Å². The van der Waals surface area contributed by atoms with Gasteiger partial charge in [-0.05, 0) is 12.1 Å². The van der Waals surface area contributed by atoms with E-state index in [1.807, 2.05) is 0 Å². The second kappa shape index (κ2) is 6.23. The lowest BCUT2D eigenvalue weighted by Gasteiger charge is -2.40. The minimum Gasteiger partial charge on any atom is -0.480 e. The third-order valence-corrected chi connectivity index (χ3v) is 4.07. The molecule has 0 radical (unpaired) electrons. The third kappa shape index (κ3) is 3.06. The molecule has 1 heterocycles.